The number of hydrogen-bond donors (Lipinski definition) is 2. The molecule has 146 valence electrons. The Balaban J connectivity index is 1.51. The largest absolute Gasteiger partial charge is 0.448 e. The Kier molecular flexibility index (Phi) is 4.97. The number of nitro groups is 1. The van der Waals surface area contributed by atoms with Crippen LogP contribution in [0.25, 0.3) is 11.1 Å². The van der Waals surface area contributed by atoms with E-state index in [4.69, 9.17) is 4.74 Å². The molecule has 0 bridgehead atoms. The number of carbonyl (C=O) groups is 1. The number of carbonyl (C=O) groups excluding carboxylic acids is 1. The van der Waals surface area contributed by atoms with Crippen LogP contribution in [0, 0.1) is 10.1 Å². The second-order valence-electron chi connectivity index (χ2n) is 6.71. The lowest BCUT2D eigenvalue weighted by Gasteiger charge is -2.15. The van der Waals surface area contributed by atoms with Gasteiger partial charge < -0.3 is 9.84 Å². The minimum atomic E-state index is -0.734. The van der Waals surface area contributed by atoms with Gasteiger partial charge in [-0.05, 0) is 28.3 Å². The molecule has 0 unspecified atom stereocenters. The van der Waals surface area contributed by atoms with E-state index in [9.17, 15) is 20.0 Å². The molecule has 3 aromatic rings. The molecule has 7 nitrogen and oxygen atoms in total. The van der Waals surface area contributed by atoms with Gasteiger partial charge in [0.05, 0.1) is 17.2 Å². The van der Waals surface area contributed by atoms with Gasteiger partial charge in [-0.15, -0.1) is 0 Å². The average Bonchev–Trinajstić information content (AvgIpc) is 3.06. The fourth-order valence-electron chi connectivity index (χ4n) is 3.68. The van der Waals surface area contributed by atoms with E-state index in [1.54, 1.807) is 0 Å². The predicted molar refractivity (Wildman–Crippen MR) is 108 cm³/mol. The summed E-state index contributed by atoms with van der Waals surface area (Å²) in [6, 6.07) is 19.9. The van der Waals surface area contributed by atoms with Crippen molar-refractivity contribution in [2.24, 2.45) is 0 Å². The molecule has 0 saturated carbocycles. The van der Waals surface area contributed by atoms with E-state index in [-0.39, 0.29) is 30.5 Å². The predicted octanol–water partition coefficient (Wildman–Crippen LogP) is 4.45. The van der Waals surface area contributed by atoms with E-state index in [2.05, 4.69) is 5.32 Å². The van der Waals surface area contributed by atoms with Gasteiger partial charge in [0.2, 0.25) is 0 Å². The van der Waals surface area contributed by atoms with Crippen LogP contribution in [0.2, 0.25) is 0 Å². The van der Waals surface area contributed by atoms with Crippen LogP contribution in [0.3, 0.4) is 0 Å². The number of aliphatic hydroxyl groups is 1. The van der Waals surface area contributed by atoms with Crippen LogP contribution in [0.15, 0.2) is 66.7 Å². The van der Waals surface area contributed by atoms with Crippen LogP contribution in [0.5, 0.6) is 0 Å². The number of non-ortho nitro benzene ring substituents is 1. The van der Waals surface area contributed by atoms with Crippen molar-refractivity contribution >= 4 is 17.5 Å². The average molecular weight is 390 g/mol. The highest BCUT2D eigenvalue weighted by atomic mass is 16.6. The third-order valence-corrected chi connectivity index (χ3v) is 5.06. The summed E-state index contributed by atoms with van der Waals surface area (Å²) in [5.41, 5.74) is 4.76. The molecule has 2 N–H and O–H groups in total. The van der Waals surface area contributed by atoms with E-state index in [1.807, 2.05) is 48.5 Å². The maximum atomic E-state index is 12.4. The molecule has 3 aromatic carbocycles. The molecule has 0 aromatic heterocycles. The van der Waals surface area contributed by atoms with Crippen LogP contribution in [0.4, 0.5) is 16.2 Å². The zero-order chi connectivity index (χ0) is 20.4. The minimum absolute atomic E-state index is 0.0874. The van der Waals surface area contributed by atoms with Crippen LogP contribution in [-0.2, 0) is 11.3 Å². The summed E-state index contributed by atoms with van der Waals surface area (Å²) in [4.78, 5) is 22.8. The molecule has 4 rings (SSSR count). The first-order chi connectivity index (χ1) is 14.1. The standard InChI is InChI=1S/C22H18N2O5/c25-12-14-9-10-15(24(27)28)11-21(14)23-22(26)29-13-20-18-7-3-1-5-16(18)17-6-2-4-8-19(17)20/h1-11,20,25H,12-13H2,(H,23,26). The first-order valence-electron chi connectivity index (χ1n) is 9.08. The van der Waals surface area contributed by atoms with Crippen LogP contribution in [-0.4, -0.2) is 22.7 Å². The smallest absolute Gasteiger partial charge is 0.411 e. The summed E-state index contributed by atoms with van der Waals surface area (Å²) in [5.74, 6) is -0.0874. The normalized spacial score (nSPS) is 12.2. The first kappa shape index (κ1) is 18.6. The van der Waals surface area contributed by atoms with E-state index < -0.39 is 11.0 Å². The highest BCUT2D eigenvalue weighted by molar-refractivity contribution is 5.86. The van der Waals surface area contributed by atoms with Gasteiger partial charge in [0.1, 0.15) is 6.61 Å². The lowest BCUT2D eigenvalue weighted by molar-refractivity contribution is -0.384. The fourth-order valence-corrected chi connectivity index (χ4v) is 3.68. The van der Waals surface area contributed by atoms with Gasteiger partial charge >= 0.3 is 6.09 Å². The molecule has 0 radical (unpaired) electrons. The summed E-state index contributed by atoms with van der Waals surface area (Å²) < 4.78 is 5.44. The summed E-state index contributed by atoms with van der Waals surface area (Å²) in [6.45, 7) is -0.236. The molecule has 0 aliphatic heterocycles. The number of hydrogen-bond acceptors (Lipinski definition) is 5. The maximum absolute atomic E-state index is 12.4. The Morgan fingerprint density at radius 1 is 1.03 bits per heavy atom. The van der Waals surface area contributed by atoms with Gasteiger partial charge in [0, 0.05) is 23.6 Å². The van der Waals surface area contributed by atoms with Crippen molar-refractivity contribution in [2.75, 3.05) is 11.9 Å². The van der Waals surface area contributed by atoms with Crippen molar-refractivity contribution in [1.29, 1.82) is 0 Å². The number of ether oxygens (including phenoxy) is 1. The summed E-state index contributed by atoms with van der Waals surface area (Å²) in [5, 5.41) is 22.9. The molecule has 0 saturated heterocycles. The van der Waals surface area contributed by atoms with E-state index in [1.165, 1.54) is 18.2 Å². The van der Waals surface area contributed by atoms with Crippen LogP contribution in [0.1, 0.15) is 22.6 Å². The number of nitro benzene ring substituents is 1. The monoisotopic (exact) mass is 390 g/mol. The number of amides is 1. The number of benzene rings is 3. The summed E-state index contributed by atoms with van der Waals surface area (Å²) >= 11 is 0. The van der Waals surface area contributed by atoms with E-state index in [0.29, 0.717) is 5.56 Å². The zero-order valence-electron chi connectivity index (χ0n) is 15.4. The van der Waals surface area contributed by atoms with Gasteiger partial charge in [-0.1, -0.05) is 48.5 Å². The molecule has 1 aliphatic rings. The second kappa shape index (κ2) is 7.73. The van der Waals surface area contributed by atoms with Gasteiger partial charge in [0.25, 0.3) is 5.69 Å². The topological polar surface area (TPSA) is 102 Å². The number of nitrogens with one attached hydrogen (secondary N) is 1. The van der Waals surface area contributed by atoms with Crippen molar-refractivity contribution in [1.82, 2.24) is 0 Å². The number of nitrogens with zero attached hydrogens (tertiary/aromatic N) is 1. The third kappa shape index (κ3) is 3.55. The van der Waals surface area contributed by atoms with Crippen molar-refractivity contribution in [2.45, 2.75) is 12.5 Å². The first-order valence-corrected chi connectivity index (χ1v) is 9.08. The van der Waals surface area contributed by atoms with Crippen molar-refractivity contribution in [3.8, 4) is 11.1 Å². The summed E-state index contributed by atoms with van der Waals surface area (Å²) in [6.07, 6.45) is -0.734. The second-order valence-corrected chi connectivity index (χ2v) is 6.71. The van der Waals surface area contributed by atoms with E-state index in [0.717, 1.165) is 22.3 Å². The fraction of sp³-hybridized carbons (Fsp3) is 0.136. The lowest BCUT2D eigenvalue weighted by Crippen LogP contribution is -2.18. The van der Waals surface area contributed by atoms with Crippen molar-refractivity contribution < 1.29 is 19.6 Å². The number of fused-ring (bicyclic) bond motifs is 3. The Morgan fingerprint density at radius 3 is 2.24 bits per heavy atom. The maximum Gasteiger partial charge on any atom is 0.411 e. The molecular weight excluding hydrogens is 372 g/mol. The highest BCUT2D eigenvalue weighted by Gasteiger charge is 2.29. The number of anilines is 1. The quantitative estimate of drug-likeness (QED) is 0.495. The molecule has 0 fully saturated rings. The van der Waals surface area contributed by atoms with Crippen LogP contribution < -0.4 is 5.32 Å². The molecular formula is C22H18N2O5. The Bertz CT molecular complexity index is 1050. The number of rotatable bonds is 5. The van der Waals surface area contributed by atoms with Gasteiger partial charge in [-0.2, -0.15) is 0 Å². The molecule has 0 spiro atoms. The van der Waals surface area contributed by atoms with Gasteiger partial charge in [-0.25, -0.2) is 4.79 Å². The van der Waals surface area contributed by atoms with Gasteiger partial charge in [-0.3, -0.25) is 15.4 Å². The Morgan fingerprint density at radius 2 is 1.66 bits per heavy atom. The van der Waals surface area contributed by atoms with Crippen LogP contribution >= 0.6 is 0 Å². The SMILES string of the molecule is O=C(Nc1cc([N+](=O)[O-])ccc1CO)OCC1c2ccccc2-c2ccccc21. The molecule has 0 atom stereocenters. The molecule has 1 aliphatic carbocycles. The van der Waals surface area contributed by atoms with E-state index >= 15 is 0 Å². The third-order valence-electron chi connectivity index (χ3n) is 5.06. The van der Waals surface area contributed by atoms with Crippen molar-refractivity contribution in [3.05, 3.63) is 93.5 Å². The molecule has 7 heteroatoms. The Labute approximate surface area is 166 Å². The minimum Gasteiger partial charge on any atom is -0.448 e. The molecule has 29 heavy (non-hydrogen) atoms. The zero-order valence-corrected chi connectivity index (χ0v) is 15.4. The lowest BCUT2D eigenvalue weighted by atomic mass is 9.98. The highest BCUT2D eigenvalue weighted by Crippen LogP contribution is 2.44. The number of aliphatic hydroxyl groups excluding tert-OH is 1. The van der Waals surface area contributed by atoms with Gasteiger partial charge in [0.15, 0.2) is 0 Å². The Hall–Kier alpha value is -3.71. The molecule has 0 heterocycles. The van der Waals surface area contributed by atoms with Crippen molar-refractivity contribution in [3.63, 3.8) is 0 Å². The summed E-state index contributed by atoms with van der Waals surface area (Å²) in [7, 11) is 0. The molecule has 1 amide bonds.